The topological polar surface area (TPSA) is 89.0 Å². The third-order valence-corrected chi connectivity index (χ3v) is 0.343. The molecule has 0 aromatic rings. The van der Waals surface area contributed by atoms with Crippen molar-refractivity contribution >= 4 is 17.6 Å². The van der Waals surface area contributed by atoms with Gasteiger partial charge in [0.25, 0.3) is 0 Å². The number of carboxylic acid groups (broad SMARTS) is 1. The number of aliphatic hydroxyl groups excluding tert-OH is 1. The zero-order valence-corrected chi connectivity index (χ0v) is 5.85. The van der Waals surface area contributed by atoms with Crippen LogP contribution in [0.15, 0.2) is 0 Å². The van der Waals surface area contributed by atoms with E-state index in [1.807, 2.05) is 0 Å². The molecule has 0 spiro atoms. The molecule has 0 unspecified atom stereocenters. The van der Waals surface area contributed by atoms with Crippen molar-refractivity contribution in [1.29, 1.82) is 0 Å². The molecule has 4 nitrogen and oxygen atoms in total. The maximum atomic E-state index is 9.24. The lowest BCUT2D eigenvalue weighted by Gasteiger charge is -1.69. The Hall–Kier alpha value is -0.320. The molecule has 0 aliphatic rings. The number of aliphatic carboxylic acids is 1. The molecule has 9 heavy (non-hydrogen) atoms. The average Bonchev–Trinajstić information content (AvgIpc) is 1.69. The van der Waals surface area contributed by atoms with Crippen LogP contribution in [0.2, 0.25) is 0 Å². The van der Waals surface area contributed by atoms with Crippen LogP contribution in [-0.2, 0) is 4.79 Å². The van der Waals surface area contributed by atoms with Gasteiger partial charge in [-0.25, -0.2) is 0 Å². The molecule has 4 N–H and O–H groups in total. The van der Waals surface area contributed by atoms with Crippen LogP contribution in [0, 0.1) is 0 Å². The van der Waals surface area contributed by atoms with E-state index in [0.717, 1.165) is 0 Å². The Morgan fingerprint density at radius 3 is 1.78 bits per heavy atom. The first-order chi connectivity index (χ1) is 3.68. The first-order valence-corrected chi connectivity index (χ1v) is 2.61. The summed E-state index contributed by atoms with van der Waals surface area (Å²) in [7, 11) is 0. The predicted octanol–water partition coefficient (Wildman–Crippen LogP) is -0.516. The van der Waals surface area contributed by atoms with Crippen LogP contribution < -0.4 is 0 Å². The predicted molar refractivity (Wildman–Crippen MR) is 34.7 cm³/mol. The summed E-state index contributed by atoms with van der Waals surface area (Å²) in [6, 6.07) is 0. The molecule has 0 heterocycles. The minimum Gasteiger partial charge on any atom is -0.480 e. The van der Waals surface area contributed by atoms with Crippen LogP contribution in [-0.4, -0.2) is 34.1 Å². The average molecular weight is 159 g/mol. The van der Waals surface area contributed by atoms with Crippen molar-refractivity contribution in [2.45, 2.75) is 6.92 Å². The highest BCUT2D eigenvalue weighted by Crippen LogP contribution is 1.67. The largest absolute Gasteiger partial charge is 0.480 e. The van der Waals surface area contributed by atoms with Gasteiger partial charge in [0.1, 0.15) is 5.88 Å². The number of hydrogen-bond donors (Lipinski definition) is 2. The van der Waals surface area contributed by atoms with E-state index in [0.29, 0.717) is 0 Å². The summed E-state index contributed by atoms with van der Waals surface area (Å²) in [6.07, 6.45) is 0. The molecule has 0 atom stereocenters. The van der Waals surface area contributed by atoms with Crippen molar-refractivity contribution in [1.82, 2.24) is 0 Å². The molecule has 0 amide bonds. The molecule has 0 aromatic heterocycles. The molecule has 0 saturated carbocycles. The van der Waals surface area contributed by atoms with E-state index in [1.54, 1.807) is 6.92 Å². The summed E-state index contributed by atoms with van der Waals surface area (Å²) in [6.45, 7) is 1.93. The van der Waals surface area contributed by atoms with Crippen molar-refractivity contribution < 1.29 is 20.5 Å². The fourth-order valence-electron chi connectivity index (χ4n) is 0. The summed E-state index contributed by atoms with van der Waals surface area (Å²) in [5.41, 5.74) is 0. The first-order valence-electron chi connectivity index (χ1n) is 2.07. The van der Waals surface area contributed by atoms with Gasteiger partial charge in [-0.3, -0.25) is 4.79 Å². The minimum atomic E-state index is -0.980. The molecule has 0 saturated heterocycles. The van der Waals surface area contributed by atoms with Gasteiger partial charge < -0.3 is 15.7 Å². The summed E-state index contributed by atoms with van der Waals surface area (Å²) in [5, 5.41) is 15.2. The minimum absolute atomic E-state index is 0. The maximum absolute atomic E-state index is 9.24. The second kappa shape index (κ2) is 15.6. The molecular weight excluding hydrogens is 147 g/mol. The number of alkyl halides is 1. The van der Waals surface area contributed by atoms with Crippen LogP contribution in [0.25, 0.3) is 0 Å². The summed E-state index contributed by atoms with van der Waals surface area (Å²) in [5.74, 6) is -1.29. The zero-order chi connectivity index (χ0) is 6.99. The third kappa shape index (κ3) is 87.8. The van der Waals surface area contributed by atoms with E-state index in [9.17, 15) is 4.79 Å². The van der Waals surface area contributed by atoms with E-state index in [-0.39, 0.29) is 18.0 Å². The summed E-state index contributed by atoms with van der Waals surface area (Å²) >= 11 is 4.74. The fourth-order valence-corrected chi connectivity index (χ4v) is 0. The van der Waals surface area contributed by atoms with Gasteiger partial charge in [0.15, 0.2) is 0 Å². The first kappa shape index (κ1) is 15.9. The molecular formula is C4H11ClO4. The Bertz CT molecular complexity index is 56.5. The monoisotopic (exact) mass is 158 g/mol. The Kier molecular flexibility index (Phi) is 27.6. The second-order valence-corrected chi connectivity index (χ2v) is 1.11. The van der Waals surface area contributed by atoms with Gasteiger partial charge in [-0.15, -0.1) is 11.6 Å². The van der Waals surface area contributed by atoms with E-state index < -0.39 is 5.97 Å². The van der Waals surface area contributed by atoms with Crippen molar-refractivity contribution in [2.24, 2.45) is 0 Å². The van der Waals surface area contributed by atoms with Gasteiger partial charge in [-0.2, -0.15) is 0 Å². The second-order valence-electron chi connectivity index (χ2n) is 0.844. The zero-order valence-electron chi connectivity index (χ0n) is 5.09. The lowest BCUT2D eigenvalue weighted by molar-refractivity contribution is -0.134. The van der Waals surface area contributed by atoms with Gasteiger partial charge in [-0.1, -0.05) is 0 Å². The van der Waals surface area contributed by atoms with E-state index in [4.69, 9.17) is 21.8 Å². The number of aliphatic hydroxyl groups is 1. The lowest BCUT2D eigenvalue weighted by atomic mass is 10.8. The van der Waals surface area contributed by atoms with Gasteiger partial charge in [0.05, 0.1) is 0 Å². The fraction of sp³-hybridized carbons (Fsp3) is 0.750. The number of carbonyl (C=O) groups is 1. The third-order valence-electron chi connectivity index (χ3n) is 0.114. The molecule has 0 fully saturated rings. The molecule has 0 aliphatic carbocycles. The highest BCUT2D eigenvalue weighted by Gasteiger charge is 1.83. The molecule has 0 aromatic carbocycles. The quantitative estimate of drug-likeness (QED) is 0.504. The van der Waals surface area contributed by atoms with Crippen molar-refractivity contribution in [3.8, 4) is 0 Å². The van der Waals surface area contributed by atoms with Gasteiger partial charge >= 0.3 is 5.97 Å². The number of halogens is 1. The van der Waals surface area contributed by atoms with Crippen LogP contribution in [0.1, 0.15) is 6.92 Å². The Morgan fingerprint density at radius 2 is 1.78 bits per heavy atom. The Morgan fingerprint density at radius 1 is 1.67 bits per heavy atom. The lowest BCUT2D eigenvalue weighted by Crippen LogP contribution is -1.92. The smallest absolute Gasteiger partial charge is 0.318 e. The number of hydrogen-bond acceptors (Lipinski definition) is 2. The highest BCUT2D eigenvalue weighted by atomic mass is 35.5. The van der Waals surface area contributed by atoms with Gasteiger partial charge in [0, 0.05) is 6.61 Å². The maximum Gasteiger partial charge on any atom is 0.318 e. The van der Waals surface area contributed by atoms with Crippen molar-refractivity contribution in [2.75, 3.05) is 12.5 Å². The van der Waals surface area contributed by atoms with Crippen molar-refractivity contribution in [3.63, 3.8) is 0 Å². The molecule has 0 aliphatic heterocycles. The summed E-state index contributed by atoms with van der Waals surface area (Å²) < 4.78 is 0. The molecule has 0 radical (unpaired) electrons. The van der Waals surface area contributed by atoms with Crippen LogP contribution in [0.5, 0.6) is 0 Å². The van der Waals surface area contributed by atoms with E-state index in [2.05, 4.69) is 0 Å². The van der Waals surface area contributed by atoms with Crippen LogP contribution in [0.4, 0.5) is 0 Å². The molecule has 0 rings (SSSR count). The standard InChI is InChI=1S/C2H3ClO2.C2H6O.H2O/c3-1-2(4)5;1-2-3;/h1H2,(H,4,5);3H,2H2,1H3;1H2. The number of carboxylic acids is 1. The Balaban J connectivity index is -0.0000000800. The Labute approximate surface area is 58.4 Å². The van der Waals surface area contributed by atoms with Gasteiger partial charge in [0.2, 0.25) is 0 Å². The molecule has 0 bridgehead atoms. The van der Waals surface area contributed by atoms with Gasteiger partial charge in [-0.05, 0) is 6.92 Å². The number of rotatable bonds is 1. The van der Waals surface area contributed by atoms with E-state index >= 15 is 0 Å². The van der Waals surface area contributed by atoms with E-state index in [1.165, 1.54) is 0 Å². The molecule has 58 valence electrons. The highest BCUT2D eigenvalue weighted by molar-refractivity contribution is 6.26. The molecule has 5 heteroatoms. The van der Waals surface area contributed by atoms with Crippen LogP contribution >= 0.6 is 11.6 Å². The van der Waals surface area contributed by atoms with Crippen LogP contribution in [0.3, 0.4) is 0 Å². The SMILES string of the molecule is CCO.O.O=C(O)CCl. The summed E-state index contributed by atoms with van der Waals surface area (Å²) in [4.78, 5) is 9.24. The van der Waals surface area contributed by atoms with Crippen molar-refractivity contribution in [3.05, 3.63) is 0 Å². The normalized spacial score (nSPS) is 6.11.